The fraction of sp³-hybridized carbons (Fsp3) is 0.684. The molecule has 23 heavy (non-hydrogen) atoms. The van der Waals surface area contributed by atoms with Crippen LogP contribution in [-0.4, -0.2) is 63.5 Å². The van der Waals surface area contributed by atoms with Crippen molar-refractivity contribution < 1.29 is 9.47 Å². The molecule has 0 saturated carbocycles. The maximum absolute atomic E-state index is 5.64. The van der Waals surface area contributed by atoms with Gasteiger partial charge in [-0.2, -0.15) is 0 Å². The zero-order valence-corrected chi connectivity index (χ0v) is 14.2. The smallest absolute Gasteiger partial charge is 0.0619 e. The first-order valence-electron chi connectivity index (χ1n) is 9.03. The molecule has 0 amide bonds. The highest BCUT2D eigenvalue weighted by molar-refractivity contribution is 5.62. The van der Waals surface area contributed by atoms with Crippen LogP contribution in [0, 0.1) is 0 Å². The van der Waals surface area contributed by atoms with Gasteiger partial charge in [-0.25, -0.2) is 0 Å². The van der Waals surface area contributed by atoms with Gasteiger partial charge in [0.2, 0.25) is 0 Å². The molecular weight excluding hydrogens is 288 g/mol. The average Bonchev–Trinajstić information content (AvgIpc) is 2.89. The zero-order chi connectivity index (χ0) is 15.7. The predicted molar refractivity (Wildman–Crippen MR) is 92.2 cm³/mol. The van der Waals surface area contributed by atoms with Crippen molar-refractivity contribution in [2.75, 3.05) is 57.5 Å². The monoisotopic (exact) mass is 316 g/mol. The Balaban J connectivity index is 1.49. The molecule has 1 aromatic carbocycles. The fourth-order valence-electron chi connectivity index (χ4n) is 4.47. The SMILES string of the molecule is CC1COCCN1CCN1CC2(CCOCC2)c2ccccc21. The Morgan fingerprint density at radius 2 is 1.91 bits per heavy atom. The minimum Gasteiger partial charge on any atom is -0.381 e. The first kappa shape index (κ1) is 15.4. The molecular formula is C19H28N2O2. The molecule has 4 rings (SSSR count). The molecule has 0 aromatic heterocycles. The van der Waals surface area contributed by atoms with Gasteiger partial charge in [0, 0.05) is 56.5 Å². The van der Waals surface area contributed by atoms with E-state index in [-0.39, 0.29) is 0 Å². The summed E-state index contributed by atoms with van der Waals surface area (Å²) in [5.74, 6) is 0. The largest absolute Gasteiger partial charge is 0.381 e. The molecule has 0 N–H and O–H groups in total. The second-order valence-electron chi connectivity index (χ2n) is 7.29. The lowest BCUT2D eigenvalue weighted by Crippen LogP contribution is -2.47. The second kappa shape index (κ2) is 6.42. The summed E-state index contributed by atoms with van der Waals surface area (Å²) in [7, 11) is 0. The summed E-state index contributed by atoms with van der Waals surface area (Å²) in [5.41, 5.74) is 3.33. The quantitative estimate of drug-likeness (QED) is 0.854. The summed E-state index contributed by atoms with van der Waals surface area (Å²) in [4.78, 5) is 5.18. The summed E-state index contributed by atoms with van der Waals surface area (Å²) in [5, 5.41) is 0. The van der Waals surface area contributed by atoms with Crippen molar-refractivity contribution in [2.45, 2.75) is 31.2 Å². The van der Waals surface area contributed by atoms with Crippen molar-refractivity contribution in [3.8, 4) is 0 Å². The van der Waals surface area contributed by atoms with Crippen LogP contribution in [0.2, 0.25) is 0 Å². The molecule has 0 radical (unpaired) electrons. The second-order valence-corrected chi connectivity index (χ2v) is 7.29. The molecule has 3 aliphatic heterocycles. The molecule has 0 bridgehead atoms. The molecule has 1 atom stereocenters. The third-order valence-electron chi connectivity index (χ3n) is 5.92. The van der Waals surface area contributed by atoms with Gasteiger partial charge in [-0.15, -0.1) is 0 Å². The number of ether oxygens (including phenoxy) is 2. The number of hydrogen-bond donors (Lipinski definition) is 0. The van der Waals surface area contributed by atoms with Gasteiger partial charge in [-0.05, 0) is 31.4 Å². The van der Waals surface area contributed by atoms with Crippen molar-refractivity contribution in [3.05, 3.63) is 29.8 Å². The molecule has 126 valence electrons. The van der Waals surface area contributed by atoms with Gasteiger partial charge < -0.3 is 14.4 Å². The molecule has 1 spiro atoms. The molecule has 2 fully saturated rings. The Hall–Kier alpha value is -1.10. The van der Waals surface area contributed by atoms with Gasteiger partial charge in [0.1, 0.15) is 0 Å². The van der Waals surface area contributed by atoms with Gasteiger partial charge in [0.25, 0.3) is 0 Å². The molecule has 0 aliphatic carbocycles. The minimum absolute atomic E-state index is 0.325. The number of hydrogen-bond acceptors (Lipinski definition) is 4. The van der Waals surface area contributed by atoms with Crippen LogP contribution in [0.15, 0.2) is 24.3 Å². The Bertz CT molecular complexity index is 542. The van der Waals surface area contributed by atoms with Gasteiger partial charge in [0.15, 0.2) is 0 Å². The van der Waals surface area contributed by atoms with E-state index in [0.717, 1.165) is 65.4 Å². The van der Waals surface area contributed by atoms with E-state index < -0.39 is 0 Å². The predicted octanol–water partition coefficient (Wildman–Crippen LogP) is 2.28. The van der Waals surface area contributed by atoms with E-state index in [0.29, 0.717) is 11.5 Å². The van der Waals surface area contributed by atoms with Crippen LogP contribution >= 0.6 is 0 Å². The lowest BCUT2D eigenvalue weighted by molar-refractivity contribution is 0.000979. The highest BCUT2D eigenvalue weighted by atomic mass is 16.5. The van der Waals surface area contributed by atoms with E-state index in [9.17, 15) is 0 Å². The highest BCUT2D eigenvalue weighted by Gasteiger charge is 2.43. The van der Waals surface area contributed by atoms with Gasteiger partial charge in [0.05, 0.1) is 13.2 Å². The van der Waals surface area contributed by atoms with Crippen molar-refractivity contribution in [2.24, 2.45) is 0 Å². The summed E-state index contributed by atoms with van der Waals surface area (Å²) in [6, 6.07) is 9.57. The van der Waals surface area contributed by atoms with Crippen LogP contribution in [0.25, 0.3) is 0 Å². The van der Waals surface area contributed by atoms with Gasteiger partial charge in [-0.1, -0.05) is 18.2 Å². The van der Waals surface area contributed by atoms with Crippen molar-refractivity contribution in [1.29, 1.82) is 0 Å². The lowest BCUT2D eigenvalue weighted by atomic mass is 9.76. The van der Waals surface area contributed by atoms with Crippen LogP contribution in [0.5, 0.6) is 0 Å². The van der Waals surface area contributed by atoms with Crippen LogP contribution in [-0.2, 0) is 14.9 Å². The number of fused-ring (bicyclic) bond motifs is 2. The summed E-state index contributed by atoms with van der Waals surface area (Å²) in [6.07, 6.45) is 2.32. The van der Waals surface area contributed by atoms with E-state index >= 15 is 0 Å². The highest BCUT2D eigenvalue weighted by Crippen LogP contribution is 2.46. The lowest BCUT2D eigenvalue weighted by Gasteiger charge is -2.36. The summed E-state index contributed by atoms with van der Waals surface area (Å²) < 4.78 is 11.2. The average molecular weight is 316 g/mol. The van der Waals surface area contributed by atoms with E-state index in [1.807, 2.05) is 0 Å². The molecule has 4 nitrogen and oxygen atoms in total. The maximum Gasteiger partial charge on any atom is 0.0619 e. The van der Waals surface area contributed by atoms with Crippen LogP contribution < -0.4 is 4.90 Å². The standard InChI is InChI=1S/C19H28N2O2/c1-16-14-23-13-10-20(16)8-9-21-15-19(6-11-22-12-7-19)17-4-2-3-5-18(17)21/h2-5,16H,6-15H2,1H3. The Labute approximate surface area is 139 Å². The number of rotatable bonds is 3. The summed E-state index contributed by atoms with van der Waals surface area (Å²) >= 11 is 0. The third kappa shape index (κ3) is 2.88. The normalized spacial score (nSPS) is 27.3. The first-order valence-corrected chi connectivity index (χ1v) is 9.03. The van der Waals surface area contributed by atoms with E-state index in [1.54, 1.807) is 5.56 Å². The van der Waals surface area contributed by atoms with Crippen LogP contribution in [0.1, 0.15) is 25.3 Å². The summed E-state index contributed by atoms with van der Waals surface area (Å²) in [6.45, 7) is 10.3. The maximum atomic E-state index is 5.64. The van der Waals surface area contributed by atoms with Gasteiger partial charge >= 0.3 is 0 Å². The number of morpholine rings is 1. The van der Waals surface area contributed by atoms with Crippen molar-refractivity contribution in [3.63, 3.8) is 0 Å². The topological polar surface area (TPSA) is 24.9 Å². The molecule has 1 aromatic rings. The number of nitrogens with zero attached hydrogens (tertiary/aromatic N) is 2. The van der Waals surface area contributed by atoms with Crippen LogP contribution in [0.4, 0.5) is 5.69 Å². The Morgan fingerprint density at radius 3 is 2.74 bits per heavy atom. The van der Waals surface area contributed by atoms with E-state index in [2.05, 4.69) is 41.0 Å². The van der Waals surface area contributed by atoms with E-state index in [4.69, 9.17) is 9.47 Å². The molecule has 4 heteroatoms. The van der Waals surface area contributed by atoms with Gasteiger partial charge in [-0.3, -0.25) is 4.90 Å². The number of anilines is 1. The number of para-hydroxylation sites is 1. The Kier molecular flexibility index (Phi) is 4.31. The van der Waals surface area contributed by atoms with E-state index in [1.165, 1.54) is 5.69 Å². The first-order chi connectivity index (χ1) is 11.3. The Morgan fingerprint density at radius 1 is 1.09 bits per heavy atom. The third-order valence-corrected chi connectivity index (χ3v) is 5.92. The molecule has 3 aliphatic rings. The minimum atomic E-state index is 0.325. The van der Waals surface area contributed by atoms with Crippen LogP contribution in [0.3, 0.4) is 0 Å². The molecule has 3 heterocycles. The molecule has 1 unspecified atom stereocenters. The zero-order valence-electron chi connectivity index (χ0n) is 14.2. The fourth-order valence-corrected chi connectivity index (χ4v) is 4.47. The number of benzene rings is 1. The van der Waals surface area contributed by atoms with Crippen molar-refractivity contribution in [1.82, 2.24) is 4.90 Å². The molecule has 2 saturated heterocycles. The van der Waals surface area contributed by atoms with Crippen molar-refractivity contribution >= 4 is 5.69 Å².